The van der Waals surface area contributed by atoms with Crippen molar-refractivity contribution in [1.82, 2.24) is 15.2 Å². The number of H-pyrrole nitrogens is 1. The molecule has 0 saturated carbocycles. The molecule has 0 radical (unpaired) electrons. The van der Waals surface area contributed by atoms with Crippen molar-refractivity contribution in [3.8, 4) is 5.75 Å². The summed E-state index contributed by atoms with van der Waals surface area (Å²) in [7, 11) is 0. The second-order valence-corrected chi connectivity index (χ2v) is 5.27. The van der Waals surface area contributed by atoms with E-state index in [0.29, 0.717) is 16.4 Å². The van der Waals surface area contributed by atoms with E-state index < -0.39 is 5.97 Å². The molecule has 0 aliphatic carbocycles. The molecule has 3 N–H and O–H groups in total. The van der Waals surface area contributed by atoms with E-state index >= 15 is 0 Å². The monoisotopic (exact) mass is 311 g/mol. The maximum atomic E-state index is 11.2. The summed E-state index contributed by atoms with van der Waals surface area (Å²) in [6, 6.07) is 4.39. The third-order valence-corrected chi connectivity index (χ3v) is 3.38. The molecule has 6 nitrogen and oxygen atoms in total. The number of aromatic amines is 1. The fourth-order valence-corrected chi connectivity index (χ4v) is 2.31. The average molecular weight is 312 g/mol. The zero-order valence-electron chi connectivity index (χ0n) is 10.3. The van der Waals surface area contributed by atoms with Gasteiger partial charge in [-0.2, -0.15) is 0 Å². The van der Waals surface area contributed by atoms with Crippen LogP contribution >= 0.6 is 23.4 Å². The first-order valence-corrected chi connectivity index (χ1v) is 6.65. The smallest absolute Gasteiger partial charge is 0.342 e. The lowest BCUT2D eigenvalue weighted by Gasteiger charge is -2.02. The molecule has 0 bridgehead atoms. The zero-order valence-corrected chi connectivity index (χ0v) is 11.9. The average Bonchev–Trinajstić information content (AvgIpc) is 2.78. The third kappa shape index (κ3) is 3.52. The number of hydrogen-bond donors (Lipinski definition) is 3. The molecule has 2 rings (SSSR count). The van der Waals surface area contributed by atoms with Gasteiger partial charge in [0.25, 0.3) is 0 Å². The van der Waals surface area contributed by atoms with Gasteiger partial charge in [0.05, 0.1) is 0 Å². The molecule has 0 amide bonds. The Morgan fingerprint density at radius 1 is 1.50 bits per heavy atom. The van der Waals surface area contributed by atoms with Crippen LogP contribution in [-0.2, 0) is 4.79 Å². The molecule has 0 atom stereocenters. The van der Waals surface area contributed by atoms with Gasteiger partial charge >= 0.3 is 5.97 Å². The normalized spacial score (nSPS) is 11.6. The number of nitrogens with zero attached hydrogens (tertiary/aromatic N) is 2. The van der Waals surface area contributed by atoms with Crippen molar-refractivity contribution >= 4 is 35.4 Å². The molecule has 1 heterocycles. The number of thioether (sulfide) groups is 1. The van der Waals surface area contributed by atoms with Crippen LogP contribution in [0.3, 0.4) is 0 Å². The molecule has 20 heavy (non-hydrogen) atoms. The molecule has 0 spiro atoms. The van der Waals surface area contributed by atoms with Crippen LogP contribution in [0.25, 0.3) is 6.08 Å². The van der Waals surface area contributed by atoms with Crippen molar-refractivity contribution in [3.05, 3.63) is 39.5 Å². The van der Waals surface area contributed by atoms with Gasteiger partial charge < -0.3 is 10.2 Å². The summed E-state index contributed by atoms with van der Waals surface area (Å²) < 4.78 is 0. The van der Waals surface area contributed by atoms with E-state index in [-0.39, 0.29) is 15.8 Å². The summed E-state index contributed by atoms with van der Waals surface area (Å²) >= 11 is 6.70. The fraction of sp³-hybridized carbons (Fsp3) is 0.0833. The molecule has 8 heteroatoms. The van der Waals surface area contributed by atoms with E-state index in [2.05, 4.69) is 15.2 Å². The Morgan fingerprint density at radius 3 is 2.85 bits per heavy atom. The molecule has 0 aliphatic heterocycles. The topological polar surface area (TPSA) is 99.1 Å². The minimum absolute atomic E-state index is 0.0263. The van der Waals surface area contributed by atoms with E-state index in [1.807, 2.05) is 0 Å². The second kappa shape index (κ2) is 5.98. The predicted octanol–water partition coefficient (Wildman–Crippen LogP) is 2.69. The van der Waals surface area contributed by atoms with Crippen LogP contribution in [-0.4, -0.2) is 31.4 Å². The van der Waals surface area contributed by atoms with E-state index in [1.54, 1.807) is 6.92 Å². The molecule has 0 saturated heterocycles. The summed E-state index contributed by atoms with van der Waals surface area (Å²) in [5.74, 6) is -0.611. The summed E-state index contributed by atoms with van der Waals surface area (Å²) in [4.78, 5) is 15.2. The van der Waals surface area contributed by atoms with Gasteiger partial charge in [0.1, 0.15) is 16.5 Å². The molecular formula is C12H10ClN3O3S. The van der Waals surface area contributed by atoms with Gasteiger partial charge in [-0.1, -0.05) is 11.6 Å². The minimum Gasteiger partial charge on any atom is -0.507 e. The first-order valence-electron chi connectivity index (χ1n) is 5.46. The number of rotatable bonds is 4. The van der Waals surface area contributed by atoms with Crippen molar-refractivity contribution < 1.29 is 15.0 Å². The van der Waals surface area contributed by atoms with E-state index in [4.69, 9.17) is 11.6 Å². The molecule has 1 aromatic heterocycles. The van der Waals surface area contributed by atoms with Gasteiger partial charge in [0.2, 0.25) is 5.16 Å². The number of halogens is 1. The van der Waals surface area contributed by atoms with Gasteiger partial charge in [-0.25, -0.2) is 9.78 Å². The largest absolute Gasteiger partial charge is 0.507 e. The SMILES string of the molecule is Cc1nc(SC(=Cc2cc(Cl)ccc2O)C(=O)O)n[nH]1. The minimum atomic E-state index is -1.14. The third-order valence-electron chi connectivity index (χ3n) is 2.26. The van der Waals surface area contributed by atoms with E-state index in [1.165, 1.54) is 24.3 Å². The van der Waals surface area contributed by atoms with Gasteiger partial charge in [0, 0.05) is 10.6 Å². The summed E-state index contributed by atoms with van der Waals surface area (Å²) in [5.41, 5.74) is 0.314. The molecule has 2 aromatic rings. The number of hydrogen-bond acceptors (Lipinski definition) is 5. The Balaban J connectivity index is 2.35. The van der Waals surface area contributed by atoms with Crippen LogP contribution in [0.5, 0.6) is 5.75 Å². The summed E-state index contributed by atoms with van der Waals surface area (Å²) in [6.45, 7) is 1.71. The Kier molecular flexibility index (Phi) is 4.31. The lowest BCUT2D eigenvalue weighted by Crippen LogP contribution is -1.97. The molecule has 1 aromatic carbocycles. The van der Waals surface area contributed by atoms with E-state index in [0.717, 1.165) is 11.8 Å². The van der Waals surface area contributed by atoms with Gasteiger partial charge in [0.15, 0.2) is 0 Å². The Hall–Kier alpha value is -1.99. The maximum Gasteiger partial charge on any atom is 0.342 e. The quantitative estimate of drug-likeness (QED) is 0.593. The highest BCUT2D eigenvalue weighted by Gasteiger charge is 2.14. The number of phenolic OH excluding ortho intramolecular Hbond substituents is 1. The summed E-state index contributed by atoms with van der Waals surface area (Å²) in [5, 5.41) is 26.1. The highest BCUT2D eigenvalue weighted by molar-refractivity contribution is 8.04. The first-order chi connectivity index (χ1) is 9.45. The Bertz CT molecular complexity index is 684. The Labute approximate surface area is 123 Å². The highest BCUT2D eigenvalue weighted by atomic mass is 35.5. The van der Waals surface area contributed by atoms with Crippen LogP contribution in [0.4, 0.5) is 0 Å². The maximum absolute atomic E-state index is 11.2. The number of phenols is 1. The van der Waals surface area contributed by atoms with Gasteiger partial charge in [-0.05, 0) is 43.0 Å². The molecule has 104 valence electrons. The molecule has 0 fully saturated rings. The van der Waals surface area contributed by atoms with Crippen LogP contribution in [0.2, 0.25) is 5.02 Å². The fourth-order valence-electron chi connectivity index (χ4n) is 1.38. The second-order valence-electron chi connectivity index (χ2n) is 3.82. The standard InChI is InChI=1S/C12H10ClN3O3S/c1-6-14-12(16-15-6)20-10(11(18)19)5-7-4-8(13)2-3-9(7)17/h2-5,17H,1H3,(H,18,19)(H,14,15,16). The number of carboxylic acids is 1. The number of nitrogens with one attached hydrogen (secondary N) is 1. The van der Waals surface area contributed by atoms with Crippen LogP contribution in [0, 0.1) is 6.92 Å². The number of aromatic nitrogens is 3. The van der Waals surface area contributed by atoms with Crippen LogP contribution < -0.4 is 0 Å². The van der Waals surface area contributed by atoms with Crippen molar-refractivity contribution in [1.29, 1.82) is 0 Å². The zero-order chi connectivity index (χ0) is 14.7. The van der Waals surface area contributed by atoms with Gasteiger partial charge in [-0.15, -0.1) is 5.10 Å². The van der Waals surface area contributed by atoms with Crippen molar-refractivity contribution in [2.45, 2.75) is 12.1 Å². The highest BCUT2D eigenvalue weighted by Crippen LogP contribution is 2.29. The van der Waals surface area contributed by atoms with Crippen molar-refractivity contribution in [2.75, 3.05) is 0 Å². The number of benzene rings is 1. The first kappa shape index (κ1) is 14.4. The predicted molar refractivity (Wildman–Crippen MR) is 75.7 cm³/mol. The Morgan fingerprint density at radius 2 is 2.25 bits per heavy atom. The number of aryl methyl sites for hydroxylation is 1. The summed E-state index contributed by atoms with van der Waals surface area (Å²) in [6.07, 6.45) is 1.32. The van der Waals surface area contributed by atoms with E-state index in [9.17, 15) is 15.0 Å². The molecule has 0 aliphatic rings. The van der Waals surface area contributed by atoms with Crippen molar-refractivity contribution in [3.63, 3.8) is 0 Å². The van der Waals surface area contributed by atoms with Crippen LogP contribution in [0.15, 0.2) is 28.3 Å². The number of carboxylic acid groups (broad SMARTS) is 1. The van der Waals surface area contributed by atoms with Gasteiger partial charge in [-0.3, -0.25) is 5.10 Å². The number of aromatic hydroxyl groups is 1. The number of carbonyl (C=O) groups is 1. The van der Waals surface area contributed by atoms with Crippen LogP contribution in [0.1, 0.15) is 11.4 Å². The lowest BCUT2D eigenvalue weighted by atomic mass is 10.2. The molecular weight excluding hydrogens is 302 g/mol. The van der Waals surface area contributed by atoms with Crippen molar-refractivity contribution in [2.24, 2.45) is 0 Å². The number of aliphatic carboxylic acids is 1. The molecule has 0 unspecified atom stereocenters. The lowest BCUT2D eigenvalue weighted by molar-refractivity contribution is -0.131.